The maximum atomic E-state index is 11.9. The second kappa shape index (κ2) is 5.96. The number of hydrogen-bond acceptors (Lipinski definition) is 4. The van der Waals surface area contributed by atoms with Crippen LogP contribution < -0.4 is 4.72 Å². The van der Waals surface area contributed by atoms with Crippen molar-refractivity contribution in [1.29, 1.82) is 0 Å². The molecule has 0 saturated carbocycles. The lowest BCUT2D eigenvalue weighted by Crippen LogP contribution is -2.36. The van der Waals surface area contributed by atoms with E-state index in [4.69, 9.17) is 5.11 Å². The zero-order valence-electron chi connectivity index (χ0n) is 10.3. The Labute approximate surface area is 106 Å². The Morgan fingerprint density at radius 1 is 1.61 bits per heavy atom. The van der Waals surface area contributed by atoms with E-state index in [0.29, 0.717) is 18.7 Å². The topological polar surface area (TPSA) is 112 Å². The van der Waals surface area contributed by atoms with Crippen LogP contribution in [0.4, 0.5) is 0 Å². The summed E-state index contributed by atoms with van der Waals surface area (Å²) >= 11 is 0. The van der Waals surface area contributed by atoms with Gasteiger partial charge in [-0.3, -0.25) is 4.79 Å². The van der Waals surface area contributed by atoms with Crippen LogP contribution in [0.2, 0.25) is 0 Å². The minimum atomic E-state index is -3.74. The number of nitrogens with zero attached hydrogens (tertiary/aromatic N) is 1. The van der Waals surface area contributed by atoms with Crippen LogP contribution in [0, 0.1) is 6.92 Å². The standard InChI is InChI=1S/C10H17N3O4S/c1-3-4-8(5-10(14)15)13-18(16,17)9-6-11-7(2)12-9/h6,8,13H,3-5H2,1-2H3,(H,11,12)(H,14,15). The fourth-order valence-electron chi connectivity index (χ4n) is 1.58. The number of aromatic nitrogens is 2. The van der Waals surface area contributed by atoms with Crippen LogP contribution in [0.1, 0.15) is 32.0 Å². The highest BCUT2D eigenvalue weighted by atomic mass is 32.2. The Bertz CT molecular complexity index is 509. The molecule has 8 heteroatoms. The van der Waals surface area contributed by atoms with Gasteiger partial charge in [0.05, 0.1) is 12.6 Å². The number of aromatic amines is 1. The minimum Gasteiger partial charge on any atom is -0.481 e. The summed E-state index contributed by atoms with van der Waals surface area (Å²) in [5, 5.41) is 8.68. The van der Waals surface area contributed by atoms with E-state index in [1.807, 2.05) is 6.92 Å². The molecule has 1 rings (SSSR count). The van der Waals surface area contributed by atoms with Crippen molar-refractivity contribution < 1.29 is 18.3 Å². The number of aryl methyl sites for hydroxylation is 1. The van der Waals surface area contributed by atoms with E-state index in [9.17, 15) is 13.2 Å². The second-order valence-corrected chi connectivity index (χ2v) is 5.72. The molecule has 0 aromatic carbocycles. The van der Waals surface area contributed by atoms with Crippen LogP contribution >= 0.6 is 0 Å². The molecule has 1 aromatic heterocycles. The molecule has 0 amide bonds. The second-order valence-electron chi connectivity index (χ2n) is 4.04. The van der Waals surface area contributed by atoms with E-state index >= 15 is 0 Å². The quantitative estimate of drug-likeness (QED) is 0.676. The largest absolute Gasteiger partial charge is 0.481 e. The molecule has 102 valence electrons. The number of aliphatic carboxylic acids is 1. The Kier molecular flexibility index (Phi) is 4.85. The van der Waals surface area contributed by atoms with Crippen molar-refractivity contribution in [2.75, 3.05) is 0 Å². The summed E-state index contributed by atoms with van der Waals surface area (Å²) in [5.74, 6) is -0.544. The van der Waals surface area contributed by atoms with Gasteiger partial charge < -0.3 is 10.1 Å². The number of sulfonamides is 1. The molecule has 1 unspecified atom stereocenters. The SMILES string of the molecule is CCCC(CC(=O)O)NS(=O)(=O)c1cnc(C)[nH]1. The molecular weight excluding hydrogens is 258 g/mol. The lowest BCUT2D eigenvalue weighted by molar-refractivity contribution is -0.137. The Hall–Kier alpha value is -1.41. The number of carboxylic acids is 1. The van der Waals surface area contributed by atoms with E-state index in [2.05, 4.69) is 14.7 Å². The van der Waals surface area contributed by atoms with Crippen LogP contribution in [0.5, 0.6) is 0 Å². The van der Waals surface area contributed by atoms with Crippen LogP contribution in [-0.2, 0) is 14.8 Å². The molecule has 0 saturated heterocycles. The van der Waals surface area contributed by atoms with Crippen molar-refractivity contribution in [2.24, 2.45) is 0 Å². The van der Waals surface area contributed by atoms with E-state index < -0.39 is 22.0 Å². The van der Waals surface area contributed by atoms with Crippen LogP contribution in [0.3, 0.4) is 0 Å². The third-order valence-corrected chi connectivity index (χ3v) is 3.78. The van der Waals surface area contributed by atoms with Crippen molar-refractivity contribution in [3.8, 4) is 0 Å². The maximum Gasteiger partial charge on any atom is 0.304 e. The molecule has 7 nitrogen and oxygen atoms in total. The molecule has 0 radical (unpaired) electrons. The molecule has 0 aliphatic rings. The Morgan fingerprint density at radius 3 is 2.72 bits per heavy atom. The highest BCUT2D eigenvalue weighted by molar-refractivity contribution is 7.89. The Balaban J connectivity index is 2.82. The minimum absolute atomic E-state index is 0.0495. The summed E-state index contributed by atoms with van der Waals surface area (Å²) in [7, 11) is -3.74. The summed E-state index contributed by atoms with van der Waals surface area (Å²) in [6.07, 6.45) is 2.14. The first-order chi connectivity index (χ1) is 8.35. The summed E-state index contributed by atoms with van der Waals surface area (Å²) in [4.78, 5) is 17.1. The molecule has 0 spiro atoms. The van der Waals surface area contributed by atoms with Gasteiger partial charge in [-0.1, -0.05) is 13.3 Å². The zero-order valence-corrected chi connectivity index (χ0v) is 11.1. The van der Waals surface area contributed by atoms with Gasteiger partial charge in [0, 0.05) is 6.04 Å². The van der Waals surface area contributed by atoms with Crippen molar-refractivity contribution in [3.05, 3.63) is 12.0 Å². The molecular formula is C10H17N3O4S. The highest BCUT2D eigenvalue weighted by Crippen LogP contribution is 2.10. The predicted molar refractivity (Wildman–Crippen MR) is 64.6 cm³/mol. The van der Waals surface area contributed by atoms with Crippen molar-refractivity contribution in [1.82, 2.24) is 14.7 Å². The molecule has 0 aliphatic heterocycles. The van der Waals surface area contributed by atoms with Gasteiger partial charge in [-0.2, -0.15) is 0 Å². The van der Waals surface area contributed by atoms with Gasteiger partial charge in [0.1, 0.15) is 5.82 Å². The molecule has 1 aromatic rings. The summed E-state index contributed by atoms with van der Waals surface area (Å²) in [6.45, 7) is 3.50. The molecule has 18 heavy (non-hydrogen) atoms. The number of rotatable bonds is 7. The van der Waals surface area contributed by atoms with Crippen LogP contribution in [0.15, 0.2) is 11.2 Å². The van der Waals surface area contributed by atoms with Gasteiger partial charge >= 0.3 is 5.97 Å². The van der Waals surface area contributed by atoms with Gasteiger partial charge in [0.2, 0.25) is 0 Å². The summed E-state index contributed by atoms with van der Waals surface area (Å²) < 4.78 is 26.2. The highest BCUT2D eigenvalue weighted by Gasteiger charge is 2.22. The third kappa shape index (κ3) is 4.11. The average molecular weight is 275 g/mol. The van der Waals surface area contributed by atoms with E-state index in [1.54, 1.807) is 6.92 Å². The molecule has 1 atom stereocenters. The first kappa shape index (κ1) is 14.7. The fraction of sp³-hybridized carbons (Fsp3) is 0.600. The van der Waals surface area contributed by atoms with Crippen LogP contribution in [0.25, 0.3) is 0 Å². The molecule has 0 fully saturated rings. The lowest BCUT2D eigenvalue weighted by Gasteiger charge is -2.15. The number of carbonyl (C=O) groups is 1. The zero-order chi connectivity index (χ0) is 13.8. The van der Waals surface area contributed by atoms with Gasteiger partial charge in [-0.05, 0) is 13.3 Å². The monoisotopic (exact) mass is 275 g/mol. The smallest absolute Gasteiger partial charge is 0.304 e. The normalized spacial score (nSPS) is 13.4. The fourth-order valence-corrected chi connectivity index (χ4v) is 2.82. The third-order valence-electron chi connectivity index (χ3n) is 2.35. The maximum absolute atomic E-state index is 11.9. The Morgan fingerprint density at radius 2 is 2.28 bits per heavy atom. The first-order valence-corrected chi connectivity index (χ1v) is 7.09. The lowest BCUT2D eigenvalue weighted by atomic mass is 10.1. The predicted octanol–water partition coefficient (Wildman–Crippen LogP) is 0.640. The first-order valence-electron chi connectivity index (χ1n) is 5.61. The van der Waals surface area contributed by atoms with Gasteiger partial charge in [-0.15, -0.1) is 0 Å². The van der Waals surface area contributed by atoms with Gasteiger partial charge in [0.25, 0.3) is 10.0 Å². The molecule has 1 heterocycles. The number of nitrogens with one attached hydrogen (secondary N) is 2. The van der Waals surface area contributed by atoms with E-state index in [0.717, 1.165) is 0 Å². The van der Waals surface area contributed by atoms with E-state index in [-0.39, 0.29) is 11.4 Å². The van der Waals surface area contributed by atoms with E-state index in [1.165, 1.54) is 6.20 Å². The number of hydrogen-bond donors (Lipinski definition) is 3. The number of carboxylic acid groups (broad SMARTS) is 1. The molecule has 0 aliphatic carbocycles. The molecule has 0 bridgehead atoms. The summed E-state index contributed by atoms with van der Waals surface area (Å²) in [5.41, 5.74) is 0. The van der Waals surface area contributed by atoms with Gasteiger partial charge in [-0.25, -0.2) is 18.1 Å². The van der Waals surface area contributed by atoms with Crippen molar-refractivity contribution >= 4 is 16.0 Å². The van der Waals surface area contributed by atoms with Crippen molar-refractivity contribution in [2.45, 2.75) is 44.2 Å². The van der Waals surface area contributed by atoms with Gasteiger partial charge in [0.15, 0.2) is 5.03 Å². The summed E-state index contributed by atoms with van der Waals surface area (Å²) in [6, 6.07) is -0.610. The number of H-pyrrole nitrogens is 1. The molecule has 3 N–H and O–H groups in total. The average Bonchev–Trinajstić information content (AvgIpc) is 2.64. The number of imidazole rings is 1. The van der Waals surface area contributed by atoms with Crippen LogP contribution in [-0.4, -0.2) is 35.5 Å². The van der Waals surface area contributed by atoms with Crippen molar-refractivity contribution in [3.63, 3.8) is 0 Å².